The summed E-state index contributed by atoms with van der Waals surface area (Å²) in [5, 5.41) is 0. The molecule has 9 heteroatoms. The van der Waals surface area contributed by atoms with Crippen LogP contribution in [0.25, 0.3) is 0 Å². The molecule has 0 amide bonds. The number of sulfone groups is 1. The minimum atomic E-state index is -5.31. The summed E-state index contributed by atoms with van der Waals surface area (Å²) in [6.07, 6.45) is 0.0526. The van der Waals surface area contributed by atoms with E-state index in [2.05, 4.69) is 0 Å². The van der Waals surface area contributed by atoms with E-state index < -0.39 is 33.8 Å². The van der Waals surface area contributed by atoms with Crippen LogP contribution in [0.15, 0.2) is 18.2 Å². The first-order valence-corrected chi connectivity index (χ1v) is 7.80. The molecule has 0 heterocycles. The van der Waals surface area contributed by atoms with Gasteiger partial charge in [0.25, 0.3) is 0 Å². The molecule has 0 aliphatic heterocycles. The minimum absolute atomic E-state index is 0.0378. The molecule has 1 aromatic carbocycles. The highest BCUT2D eigenvalue weighted by atomic mass is 32.2. The predicted octanol–water partition coefficient (Wildman–Crippen LogP) is 2.08. The number of benzene rings is 1. The van der Waals surface area contributed by atoms with Gasteiger partial charge in [0, 0.05) is 11.8 Å². The molecule has 0 radical (unpaired) electrons. The minimum Gasteiger partial charge on any atom is -0.496 e. The maximum Gasteiger partial charge on any atom is 0.513 e. The molecule has 0 atom stereocenters. The van der Waals surface area contributed by atoms with Crippen molar-refractivity contribution in [1.82, 2.24) is 0 Å². The summed E-state index contributed by atoms with van der Waals surface area (Å²) < 4.78 is 78.3. The van der Waals surface area contributed by atoms with Gasteiger partial charge in [0.2, 0.25) is 0 Å². The van der Waals surface area contributed by atoms with Crippen molar-refractivity contribution in [3.8, 4) is 5.75 Å². The fourth-order valence-electron chi connectivity index (χ4n) is 1.51. The monoisotopic (exact) mass is 313 g/mol. The van der Waals surface area contributed by atoms with Crippen LogP contribution in [0.5, 0.6) is 5.75 Å². The molecule has 20 heavy (non-hydrogen) atoms. The Morgan fingerprint density at radius 1 is 1.25 bits per heavy atom. The van der Waals surface area contributed by atoms with Crippen molar-refractivity contribution in [2.24, 2.45) is 0 Å². The van der Waals surface area contributed by atoms with Crippen LogP contribution in [0.2, 0.25) is 0 Å². The molecule has 0 spiro atoms. The lowest BCUT2D eigenvalue weighted by molar-refractivity contribution is 0.316. The van der Waals surface area contributed by atoms with Gasteiger partial charge in [-0.3, -0.25) is 0 Å². The Morgan fingerprint density at radius 2 is 1.90 bits per heavy atom. The summed E-state index contributed by atoms with van der Waals surface area (Å²) in [5.74, 6) is -1.66. The van der Waals surface area contributed by atoms with Crippen LogP contribution in [-0.4, -0.2) is 33.5 Å². The molecule has 0 aliphatic carbocycles. The van der Waals surface area contributed by atoms with Crippen LogP contribution in [0.1, 0.15) is 13.3 Å². The lowest BCUT2D eigenvalue weighted by atomic mass is 9.79. The molecular formula is C11H14BF4O3S-. The molecule has 1 aromatic rings. The molecule has 0 saturated heterocycles. The van der Waals surface area contributed by atoms with E-state index >= 15 is 0 Å². The standard InChI is InChI=1S/C11H14BF4O3S/c1-2-20(17,18)7-3-6-19-11-8-9(13)4-5-10(11)12(14,15)16/h4-5,8H,2-3,6-7H2,1H3/q-1. The molecule has 114 valence electrons. The van der Waals surface area contributed by atoms with Gasteiger partial charge in [-0.2, -0.15) is 0 Å². The van der Waals surface area contributed by atoms with Crippen molar-refractivity contribution in [3.05, 3.63) is 24.0 Å². The quantitative estimate of drug-likeness (QED) is 0.440. The molecule has 3 nitrogen and oxygen atoms in total. The summed E-state index contributed by atoms with van der Waals surface area (Å²) in [7, 11) is -3.19. The highest BCUT2D eigenvalue weighted by Gasteiger charge is 2.29. The molecule has 0 aliphatic rings. The van der Waals surface area contributed by atoms with E-state index in [9.17, 15) is 25.8 Å². The Bertz CT molecular complexity index is 557. The first-order valence-electron chi connectivity index (χ1n) is 5.98. The predicted molar refractivity (Wildman–Crippen MR) is 69.6 cm³/mol. The van der Waals surface area contributed by atoms with E-state index in [-0.39, 0.29) is 24.5 Å². The van der Waals surface area contributed by atoms with Gasteiger partial charge in [-0.15, -0.1) is 0 Å². The summed E-state index contributed by atoms with van der Waals surface area (Å²) in [6, 6.07) is 1.98. The largest absolute Gasteiger partial charge is 0.513 e. The first-order chi connectivity index (χ1) is 9.15. The average molecular weight is 313 g/mol. The normalized spacial score (nSPS) is 12.4. The van der Waals surface area contributed by atoms with Crippen molar-refractivity contribution in [1.29, 1.82) is 0 Å². The average Bonchev–Trinajstić information content (AvgIpc) is 2.33. The molecule has 0 aromatic heterocycles. The lowest BCUT2D eigenvalue weighted by Crippen LogP contribution is -2.35. The van der Waals surface area contributed by atoms with Gasteiger partial charge in [-0.05, 0) is 12.5 Å². The van der Waals surface area contributed by atoms with E-state index in [1.165, 1.54) is 6.92 Å². The van der Waals surface area contributed by atoms with Crippen LogP contribution in [-0.2, 0) is 9.84 Å². The SMILES string of the molecule is CCS(=O)(=O)CCCOc1cc(F)ccc1[B-](F)(F)F. The fourth-order valence-corrected chi connectivity index (χ4v) is 2.36. The Balaban J connectivity index is 2.71. The summed E-state index contributed by atoms with van der Waals surface area (Å²) in [5.41, 5.74) is -1.02. The Labute approximate surface area is 114 Å². The van der Waals surface area contributed by atoms with E-state index in [1.807, 2.05) is 0 Å². The van der Waals surface area contributed by atoms with Crippen LogP contribution >= 0.6 is 0 Å². The van der Waals surface area contributed by atoms with E-state index in [0.29, 0.717) is 18.2 Å². The number of hydrogen-bond donors (Lipinski definition) is 0. The van der Waals surface area contributed by atoms with Crippen molar-refractivity contribution >= 4 is 22.3 Å². The maximum absolute atomic E-state index is 13.0. The van der Waals surface area contributed by atoms with Crippen molar-refractivity contribution in [2.75, 3.05) is 18.1 Å². The third-order valence-corrected chi connectivity index (χ3v) is 4.42. The molecule has 0 unspecified atom stereocenters. The van der Waals surface area contributed by atoms with Crippen molar-refractivity contribution < 1.29 is 30.5 Å². The highest BCUT2D eigenvalue weighted by molar-refractivity contribution is 7.91. The molecule has 0 fully saturated rings. The zero-order chi connectivity index (χ0) is 15.4. The first kappa shape index (κ1) is 16.8. The lowest BCUT2D eigenvalue weighted by Gasteiger charge is -2.19. The topological polar surface area (TPSA) is 43.4 Å². The van der Waals surface area contributed by atoms with Crippen LogP contribution in [0.3, 0.4) is 0 Å². The zero-order valence-corrected chi connectivity index (χ0v) is 11.6. The smallest absolute Gasteiger partial charge is 0.496 e. The Hall–Kier alpha value is -1.25. The van der Waals surface area contributed by atoms with Gasteiger partial charge < -0.3 is 17.7 Å². The second kappa shape index (κ2) is 6.47. The molecule has 0 N–H and O–H groups in total. The summed E-state index contributed by atoms with van der Waals surface area (Å²) >= 11 is 0. The van der Waals surface area contributed by atoms with Gasteiger partial charge in [0.15, 0.2) is 0 Å². The van der Waals surface area contributed by atoms with Crippen LogP contribution in [0, 0.1) is 5.82 Å². The Kier molecular flexibility index (Phi) is 5.44. The fraction of sp³-hybridized carbons (Fsp3) is 0.455. The second-order valence-electron chi connectivity index (χ2n) is 4.20. The van der Waals surface area contributed by atoms with Crippen LogP contribution in [0.4, 0.5) is 17.3 Å². The highest BCUT2D eigenvalue weighted by Crippen LogP contribution is 2.19. The number of ether oxygens (including phenoxy) is 1. The molecule has 1 rings (SSSR count). The second-order valence-corrected chi connectivity index (χ2v) is 6.67. The zero-order valence-electron chi connectivity index (χ0n) is 10.8. The molecule has 0 bridgehead atoms. The van der Waals surface area contributed by atoms with Crippen molar-refractivity contribution in [2.45, 2.75) is 13.3 Å². The Morgan fingerprint density at radius 3 is 2.45 bits per heavy atom. The van der Waals surface area contributed by atoms with Gasteiger partial charge in [0.05, 0.1) is 18.1 Å². The number of hydrogen-bond acceptors (Lipinski definition) is 3. The van der Waals surface area contributed by atoms with Crippen molar-refractivity contribution in [3.63, 3.8) is 0 Å². The number of halogens is 4. The third-order valence-electron chi connectivity index (χ3n) is 2.63. The van der Waals surface area contributed by atoms with Gasteiger partial charge in [-0.1, -0.05) is 18.5 Å². The maximum atomic E-state index is 13.0. The van der Waals surface area contributed by atoms with Crippen LogP contribution < -0.4 is 10.2 Å². The molecule has 0 saturated carbocycles. The van der Waals surface area contributed by atoms with Gasteiger partial charge in [-0.25, -0.2) is 12.8 Å². The third kappa shape index (κ3) is 5.03. The van der Waals surface area contributed by atoms with Gasteiger partial charge in [0.1, 0.15) is 15.7 Å². The number of rotatable bonds is 7. The van der Waals surface area contributed by atoms with E-state index in [0.717, 1.165) is 0 Å². The van der Waals surface area contributed by atoms with E-state index in [1.54, 1.807) is 0 Å². The van der Waals surface area contributed by atoms with Gasteiger partial charge >= 0.3 is 6.98 Å². The van der Waals surface area contributed by atoms with E-state index in [4.69, 9.17) is 4.74 Å². The summed E-state index contributed by atoms with van der Waals surface area (Å²) in [6.45, 7) is -4.05. The molecular weight excluding hydrogens is 299 g/mol. The summed E-state index contributed by atoms with van der Waals surface area (Å²) in [4.78, 5) is 0.